The molecule has 0 aromatic carbocycles. The van der Waals surface area contributed by atoms with E-state index < -0.39 is 17.5 Å². The number of ether oxygens (including phenoxy) is 1. The van der Waals surface area contributed by atoms with E-state index in [0.29, 0.717) is 6.42 Å². The third kappa shape index (κ3) is 6.98. The maximum Gasteiger partial charge on any atom is 0.319 e. The lowest BCUT2D eigenvalue weighted by molar-refractivity contribution is -0.163. The van der Waals surface area contributed by atoms with Crippen molar-refractivity contribution < 1.29 is 19.1 Å². The molecule has 0 spiro atoms. The molecule has 1 amide bonds. The molecule has 6 heteroatoms. The van der Waals surface area contributed by atoms with Gasteiger partial charge >= 0.3 is 5.97 Å². The van der Waals surface area contributed by atoms with E-state index in [4.69, 9.17) is 4.74 Å². The van der Waals surface area contributed by atoms with Crippen LogP contribution in [0, 0.1) is 29.6 Å². The van der Waals surface area contributed by atoms with Crippen molar-refractivity contribution in [2.75, 3.05) is 5.75 Å². The quantitative estimate of drug-likeness (QED) is 0.262. The van der Waals surface area contributed by atoms with Gasteiger partial charge in [-0.3, -0.25) is 14.4 Å². The third-order valence-corrected chi connectivity index (χ3v) is 8.54. The Hall–Kier alpha value is -1.04. The molecule has 1 atom stereocenters. The number of hydrogen-bond donors (Lipinski definition) is 1. The number of nitrogens with one attached hydrogen (secondary N) is 1. The zero-order chi connectivity index (χ0) is 23.5. The number of carbonyl (C=O) groups excluding carboxylic acids is 3. The first-order valence-electron chi connectivity index (χ1n) is 12.7. The highest BCUT2D eigenvalue weighted by Crippen LogP contribution is 2.55. The lowest BCUT2D eigenvalue weighted by Crippen LogP contribution is -2.61. The fourth-order valence-electron chi connectivity index (χ4n) is 6.31. The van der Waals surface area contributed by atoms with Gasteiger partial charge in [-0.2, -0.15) is 0 Å². The molecule has 5 nitrogen and oxygen atoms in total. The Kier molecular flexibility index (Phi) is 8.38. The lowest BCUT2D eigenvalue weighted by atomic mass is 9.53. The summed E-state index contributed by atoms with van der Waals surface area (Å²) in [5.74, 6) is 1.81. The number of hydrogen-bond acceptors (Lipinski definition) is 5. The van der Waals surface area contributed by atoms with Crippen LogP contribution in [0.3, 0.4) is 0 Å². The minimum Gasteiger partial charge on any atom is -0.459 e. The summed E-state index contributed by atoms with van der Waals surface area (Å²) in [6.45, 7) is 9.39. The molecule has 4 fully saturated rings. The zero-order valence-electron chi connectivity index (χ0n) is 20.7. The van der Waals surface area contributed by atoms with Crippen LogP contribution in [0.5, 0.6) is 0 Å². The molecule has 0 unspecified atom stereocenters. The number of amides is 1. The summed E-state index contributed by atoms with van der Waals surface area (Å²) in [7, 11) is 0. The van der Waals surface area contributed by atoms with Gasteiger partial charge in [-0.25, -0.2) is 0 Å². The van der Waals surface area contributed by atoms with Crippen LogP contribution in [0.2, 0.25) is 0 Å². The van der Waals surface area contributed by atoms with Crippen LogP contribution in [0.1, 0.15) is 98.8 Å². The molecule has 0 aromatic rings. The monoisotopic (exact) mass is 465 g/mol. The van der Waals surface area contributed by atoms with Crippen molar-refractivity contribution in [1.82, 2.24) is 5.32 Å². The van der Waals surface area contributed by atoms with Crippen LogP contribution in [-0.4, -0.2) is 33.9 Å². The molecule has 4 bridgehead atoms. The normalized spacial score (nSPS) is 29.8. The minimum atomic E-state index is -0.743. The Morgan fingerprint density at radius 1 is 0.969 bits per heavy atom. The first-order chi connectivity index (χ1) is 15.0. The molecule has 0 heterocycles. The van der Waals surface area contributed by atoms with Crippen LogP contribution in [0.15, 0.2) is 0 Å². The van der Waals surface area contributed by atoms with Gasteiger partial charge in [0.25, 0.3) is 0 Å². The Bertz CT molecular complexity index is 661. The predicted molar refractivity (Wildman–Crippen MR) is 129 cm³/mol. The van der Waals surface area contributed by atoms with Crippen LogP contribution in [0.25, 0.3) is 0 Å². The summed E-state index contributed by atoms with van der Waals surface area (Å²) in [5.41, 5.74) is -0.704. The van der Waals surface area contributed by atoms with Crippen molar-refractivity contribution in [3.63, 3.8) is 0 Å². The molecule has 4 saturated carbocycles. The molecule has 1 N–H and O–H groups in total. The van der Waals surface area contributed by atoms with Crippen molar-refractivity contribution in [1.29, 1.82) is 0 Å². The van der Waals surface area contributed by atoms with Gasteiger partial charge in [0.1, 0.15) is 11.5 Å². The smallest absolute Gasteiger partial charge is 0.319 e. The number of thioether (sulfide) groups is 1. The fraction of sp³-hybridized carbons (Fsp3) is 0.885. The van der Waals surface area contributed by atoms with Gasteiger partial charge < -0.3 is 10.1 Å². The molecule has 4 aliphatic rings. The van der Waals surface area contributed by atoms with Gasteiger partial charge in [0.2, 0.25) is 5.91 Å². The Labute approximate surface area is 198 Å². The average Bonchev–Trinajstić information content (AvgIpc) is 2.63. The highest BCUT2D eigenvalue weighted by atomic mass is 32.2. The number of carbonyl (C=O) groups is 3. The molecule has 4 rings (SSSR count). The second-order valence-electron chi connectivity index (χ2n) is 11.9. The first kappa shape index (κ1) is 25.6. The molecule has 32 heavy (non-hydrogen) atoms. The van der Waals surface area contributed by atoms with Gasteiger partial charge in [0, 0.05) is 17.2 Å². The van der Waals surface area contributed by atoms with E-state index in [9.17, 15) is 14.4 Å². The maximum atomic E-state index is 13.4. The van der Waals surface area contributed by atoms with Crippen molar-refractivity contribution >= 4 is 28.8 Å². The topological polar surface area (TPSA) is 72.5 Å². The second kappa shape index (κ2) is 10.5. The molecule has 182 valence electrons. The van der Waals surface area contributed by atoms with Gasteiger partial charge in [-0.05, 0) is 89.9 Å². The number of unbranched alkanes of at least 4 members (excludes halogenated alkanes) is 2. The standard InChI is InChI=1S/C26H43NO4S/c1-17(2)24(30)32-10-8-6-7-9-21(23(29)31-25(3,4)5)22(28)27-26-14-18-11-19(15-26)13-20(12-18)16-26/h17-21H,6-16H2,1-5H3,(H,27,28)/t18?,19?,20?,21-,26?/m0/s1. The summed E-state index contributed by atoms with van der Waals surface area (Å²) in [4.78, 5) is 38.1. The molecule has 0 radical (unpaired) electrons. The largest absolute Gasteiger partial charge is 0.459 e. The Morgan fingerprint density at radius 3 is 2.03 bits per heavy atom. The molecule has 0 saturated heterocycles. The summed E-state index contributed by atoms with van der Waals surface area (Å²) in [6.07, 6.45) is 10.3. The first-order valence-corrected chi connectivity index (χ1v) is 13.7. The fourth-order valence-corrected chi connectivity index (χ4v) is 7.19. The Morgan fingerprint density at radius 2 is 1.53 bits per heavy atom. The van der Waals surface area contributed by atoms with E-state index >= 15 is 0 Å². The molecule has 0 aliphatic heterocycles. The molecular weight excluding hydrogens is 422 g/mol. The van der Waals surface area contributed by atoms with Crippen LogP contribution in [0.4, 0.5) is 0 Å². The van der Waals surface area contributed by atoms with E-state index in [2.05, 4.69) is 5.32 Å². The van der Waals surface area contributed by atoms with Crippen LogP contribution in [-0.2, 0) is 19.1 Å². The summed E-state index contributed by atoms with van der Waals surface area (Å²) >= 11 is 1.39. The predicted octanol–water partition coefficient (Wildman–Crippen LogP) is 5.51. The van der Waals surface area contributed by atoms with Crippen molar-refractivity contribution in [3.05, 3.63) is 0 Å². The molecule has 0 aromatic heterocycles. The molecule has 4 aliphatic carbocycles. The van der Waals surface area contributed by atoms with E-state index in [0.717, 1.165) is 62.0 Å². The third-order valence-electron chi connectivity index (χ3n) is 7.29. The highest BCUT2D eigenvalue weighted by molar-refractivity contribution is 8.13. The van der Waals surface area contributed by atoms with E-state index in [1.807, 2.05) is 34.6 Å². The lowest BCUT2D eigenvalue weighted by Gasteiger charge is -2.57. The van der Waals surface area contributed by atoms with Crippen molar-refractivity contribution in [2.24, 2.45) is 29.6 Å². The molecular formula is C26H43NO4S. The summed E-state index contributed by atoms with van der Waals surface area (Å²) in [5, 5.41) is 3.61. The summed E-state index contributed by atoms with van der Waals surface area (Å²) < 4.78 is 5.63. The SMILES string of the molecule is CC(C)C(=O)SCCCCC[C@@H](C(=O)NC12CC3CC(CC(C3)C1)C2)C(=O)OC(C)(C)C. The number of esters is 1. The zero-order valence-corrected chi connectivity index (χ0v) is 21.5. The van der Waals surface area contributed by atoms with E-state index in [-0.39, 0.29) is 22.5 Å². The van der Waals surface area contributed by atoms with Gasteiger partial charge in [-0.15, -0.1) is 0 Å². The Balaban J connectivity index is 1.54. The highest BCUT2D eigenvalue weighted by Gasteiger charge is 2.52. The second-order valence-corrected chi connectivity index (χ2v) is 13.0. The minimum absolute atomic E-state index is 0.0600. The van der Waals surface area contributed by atoms with Crippen LogP contribution < -0.4 is 5.32 Å². The summed E-state index contributed by atoms with van der Waals surface area (Å²) in [6, 6.07) is 0. The average molecular weight is 466 g/mol. The van der Waals surface area contributed by atoms with Crippen LogP contribution >= 0.6 is 11.8 Å². The van der Waals surface area contributed by atoms with Gasteiger partial charge in [0.15, 0.2) is 5.12 Å². The number of rotatable bonds is 10. The van der Waals surface area contributed by atoms with Gasteiger partial charge in [-0.1, -0.05) is 38.5 Å². The maximum absolute atomic E-state index is 13.4. The van der Waals surface area contributed by atoms with Gasteiger partial charge in [0.05, 0.1) is 0 Å². The van der Waals surface area contributed by atoms with Crippen molar-refractivity contribution in [3.8, 4) is 0 Å². The van der Waals surface area contributed by atoms with Crippen molar-refractivity contribution in [2.45, 2.75) is 110 Å². The van der Waals surface area contributed by atoms with E-state index in [1.54, 1.807) is 0 Å². The van der Waals surface area contributed by atoms with E-state index in [1.165, 1.54) is 31.0 Å².